The summed E-state index contributed by atoms with van der Waals surface area (Å²) in [7, 11) is 2.11. The quantitative estimate of drug-likeness (QED) is 0.816. The molecule has 3 nitrogen and oxygen atoms in total. The zero-order valence-electron chi connectivity index (χ0n) is 12.5. The maximum atomic E-state index is 12.0. The first-order valence-electron chi connectivity index (χ1n) is 7.44. The van der Waals surface area contributed by atoms with E-state index < -0.39 is 0 Å². The molecule has 1 amide bonds. The van der Waals surface area contributed by atoms with Crippen LogP contribution in [0.25, 0.3) is 0 Å². The van der Waals surface area contributed by atoms with Crippen LogP contribution < -0.4 is 5.32 Å². The molecule has 0 spiro atoms. The molecule has 0 saturated carbocycles. The van der Waals surface area contributed by atoms with Crippen LogP contribution in [0.1, 0.15) is 18.4 Å². The molecule has 0 unspecified atom stereocenters. The van der Waals surface area contributed by atoms with Crippen molar-refractivity contribution in [1.29, 1.82) is 0 Å². The lowest BCUT2D eigenvalue weighted by Crippen LogP contribution is -2.39. The van der Waals surface area contributed by atoms with Crippen LogP contribution in [-0.2, 0) is 10.5 Å². The van der Waals surface area contributed by atoms with Crippen LogP contribution in [0, 0.1) is 5.92 Å². The fraction of sp³-hybridized carbons (Fsp3) is 0.562. The molecular weight excluding hydrogens is 304 g/mol. The van der Waals surface area contributed by atoms with Gasteiger partial charge in [0.15, 0.2) is 0 Å². The van der Waals surface area contributed by atoms with Gasteiger partial charge in [-0.15, -0.1) is 0 Å². The predicted molar refractivity (Wildman–Crippen MR) is 90.8 cm³/mol. The van der Waals surface area contributed by atoms with Gasteiger partial charge in [0.25, 0.3) is 0 Å². The van der Waals surface area contributed by atoms with Gasteiger partial charge in [0.1, 0.15) is 0 Å². The van der Waals surface area contributed by atoms with E-state index in [1.165, 1.54) is 0 Å². The smallest absolute Gasteiger partial charge is 0.223 e. The van der Waals surface area contributed by atoms with E-state index in [1.54, 1.807) is 11.8 Å². The Balaban J connectivity index is 1.59. The van der Waals surface area contributed by atoms with Crippen LogP contribution in [0.2, 0.25) is 5.02 Å². The highest BCUT2D eigenvalue weighted by Gasteiger charge is 2.22. The van der Waals surface area contributed by atoms with Crippen molar-refractivity contribution < 1.29 is 4.79 Å². The number of hydrogen-bond donors (Lipinski definition) is 1. The monoisotopic (exact) mass is 326 g/mol. The van der Waals surface area contributed by atoms with Gasteiger partial charge in [-0.05, 0) is 44.6 Å². The molecule has 1 saturated heterocycles. The predicted octanol–water partition coefficient (Wildman–Crippen LogP) is 3.03. The fourth-order valence-corrected chi connectivity index (χ4v) is 3.60. The van der Waals surface area contributed by atoms with E-state index in [4.69, 9.17) is 11.6 Å². The van der Waals surface area contributed by atoms with Crippen LogP contribution in [0.3, 0.4) is 0 Å². The Morgan fingerprint density at radius 1 is 1.38 bits per heavy atom. The maximum absolute atomic E-state index is 12.0. The fourth-order valence-electron chi connectivity index (χ4n) is 2.46. The molecule has 0 aromatic heterocycles. The first-order chi connectivity index (χ1) is 10.2. The summed E-state index contributed by atoms with van der Waals surface area (Å²) in [6.45, 7) is 2.79. The zero-order chi connectivity index (χ0) is 15.1. The number of rotatable bonds is 6. The molecule has 0 bridgehead atoms. The number of carbonyl (C=O) groups is 1. The number of nitrogens with zero attached hydrogens (tertiary/aromatic N) is 1. The molecule has 1 N–H and O–H groups in total. The number of benzene rings is 1. The third kappa shape index (κ3) is 5.53. The van der Waals surface area contributed by atoms with E-state index in [1.807, 2.05) is 24.3 Å². The Kier molecular flexibility index (Phi) is 6.87. The van der Waals surface area contributed by atoms with Gasteiger partial charge in [0.05, 0.1) is 0 Å². The van der Waals surface area contributed by atoms with Gasteiger partial charge < -0.3 is 10.2 Å². The van der Waals surface area contributed by atoms with Crippen molar-refractivity contribution in [1.82, 2.24) is 10.2 Å². The van der Waals surface area contributed by atoms with E-state index in [0.717, 1.165) is 54.6 Å². The molecule has 1 aliphatic rings. The number of likely N-dealkylation sites (tertiary alicyclic amines) is 1. The summed E-state index contributed by atoms with van der Waals surface area (Å²) in [4.78, 5) is 14.3. The Hall–Kier alpha value is -0.710. The largest absolute Gasteiger partial charge is 0.355 e. The summed E-state index contributed by atoms with van der Waals surface area (Å²) >= 11 is 7.92. The number of piperidine rings is 1. The third-order valence-corrected chi connectivity index (χ3v) is 5.23. The summed E-state index contributed by atoms with van der Waals surface area (Å²) in [5, 5.41) is 3.88. The second kappa shape index (κ2) is 8.66. The lowest BCUT2D eigenvalue weighted by atomic mass is 9.96. The Bertz CT molecular complexity index is 461. The SMILES string of the molecule is CN1CCC(C(=O)NCCSCc2ccccc2Cl)CC1. The van der Waals surface area contributed by atoms with Crippen LogP contribution in [0.5, 0.6) is 0 Å². The standard InChI is InChI=1S/C16H23ClN2OS/c1-19-9-6-13(7-10-19)16(20)18-8-11-21-12-14-4-2-3-5-15(14)17/h2-5,13H,6-12H2,1H3,(H,18,20). The van der Waals surface area contributed by atoms with E-state index in [-0.39, 0.29) is 11.8 Å². The van der Waals surface area contributed by atoms with Gasteiger partial charge >= 0.3 is 0 Å². The highest BCUT2D eigenvalue weighted by molar-refractivity contribution is 7.98. The van der Waals surface area contributed by atoms with Crippen molar-refractivity contribution in [2.75, 3.05) is 32.4 Å². The minimum absolute atomic E-state index is 0.203. The third-order valence-electron chi connectivity index (χ3n) is 3.85. The van der Waals surface area contributed by atoms with Gasteiger partial charge in [0.2, 0.25) is 5.91 Å². The molecule has 1 fully saturated rings. The van der Waals surface area contributed by atoms with Gasteiger partial charge in [-0.25, -0.2) is 0 Å². The first kappa shape index (κ1) is 16.7. The van der Waals surface area contributed by atoms with Gasteiger partial charge in [-0.3, -0.25) is 4.79 Å². The van der Waals surface area contributed by atoms with Crippen molar-refractivity contribution >= 4 is 29.3 Å². The van der Waals surface area contributed by atoms with Gasteiger partial charge in [-0.1, -0.05) is 29.8 Å². The molecule has 0 atom stereocenters. The van der Waals surface area contributed by atoms with E-state index in [2.05, 4.69) is 17.3 Å². The normalized spacial score (nSPS) is 16.9. The average Bonchev–Trinajstić information content (AvgIpc) is 2.49. The maximum Gasteiger partial charge on any atom is 0.223 e. The first-order valence-corrected chi connectivity index (χ1v) is 8.97. The number of nitrogens with one attached hydrogen (secondary N) is 1. The van der Waals surface area contributed by atoms with Crippen LogP contribution in [0.15, 0.2) is 24.3 Å². The lowest BCUT2D eigenvalue weighted by Gasteiger charge is -2.28. The van der Waals surface area contributed by atoms with E-state index >= 15 is 0 Å². The minimum Gasteiger partial charge on any atom is -0.355 e. The average molecular weight is 327 g/mol. The molecule has 1 aliphatic heterocycles. The highest BCUT2D eigenvalue weighted by atomic mass is 35.5. The van der Waals surface area contributed by atoms with Gasteiger partial charge in [-0.2, -0.15) is 11.8 Å². The Labute approximate surface area is 136 Å². The van der Waals surface area contributed by atoms with Crippen molar-refractivity contribution in [3.05, 3.63) is 34.9 Å². The van der Waals surface area contributed by atoms with Crippen molar-refractivity contribution in [2.45, 2.75) is 18.6 Å². The Morgan fingerprint density at radius 3 is 2.81 bits per heavy atom. The molecule has 1 heterocycles. The number of thioether (sulfide) groups is 1. The molecule has 21 heavy (non-hydrogen) atoms. The van der Waals surface area contributed by atoms with E-state index in [9.17, 15) is 4.79 Å². The molecular formula is C16H23ClN2OS. The molecule has 116 valence electrons. The minimum atomic E-state index is 0.203. The van der Waals surface area contributed by atoms with Crippen LogP contribution in [0.4, 0.5) is 0 Å². The molecule has 0 radical (unpaired) electrons. The summed E-state index contributed by atoms with van der Waals surface area (Å²) < 4.78 is 0. The summed E-state index contributed by atoms with van der Waals surface area (Å²) in [6.07, 6.45) is 1.96. The second-order valence-corrected chi connectivity index (χ2v) is 7.02. The molecule has 5 heteroatoms. The Morgan fingerprint density at radius 2 is 2.10 bits per heavy atom. The van der Waals surface area contributed by atoms with Crippen molar-refractivity contribution in [3.63, 3.8) is 0 Å². The second-order valence-electron chi connectivity index (χ2n) is 5.51. The molecule has 2 rings (SSSR count). The van der Waals surface area contributed by atoms with Crippen molar-refractivity contribution in [3.8, 4) is 0 Å². The summed E-state index contributed by atoms with van der Waals surface area (Å²) in [5.74, 6) is 2.24. The molecule has 1 aromatic rings. The van der Waals surface area contributed by atoms with Gasteiger partial charge in [0, 0.05) is 29.0 Å². The summed E-state index contributed by atoms with van der Waals surface area (Å²) in [5.41, 5.74) is 1.16. The topological polar surface area (TPSA) is 32.3 Å². The zero-order valence-corrected chi connectivity index (χ0v) is 14.1. The van der Waals surface area contributed by atoms with Crippen LogP contribution >= 0.6 is 23.4 Å². The van der Waals surface area contributed by atoms with Crippen molar-refractivity contribution in [2.24, 2.45) is 5.92 Å². The number of amides is 1. The lowest BCUT2D eigenvalue weighted by molar-refractivity contribution is -0.126. The highest BCUT2D eigenvalue weighted by Crippen LogP contribution is 2.20. The number of halogens is 1. The summed E-state index contributed by atoms with van der Waals surface area (Å²) in [6, 6.07) is 7.91. The molecule has 1 aromatic carbocycles. The van der Waals surface area contributed by atoms with E-state index in [0.29, 0.717) is 0 Å². The number of carbonyl (C=O) groups excluding carboxylic acids is 1. The van der Waals surface area contributed by atoms with Crippen LogP contribution in [-0.4, -0.2) is 43.2 Å². The number of hydrogen-bond acceptors (Lipinski definition) is 3. The molecule has 0 aliphatic carbocycles.